The van der Waals surface area contributed by atoms with Crippen molar-refractivity contribution < 1.29 is 19.2 Å². The first-order chi connectivity index (χ1) is 19.2. The number of para-hydroxylation sites is 2. The molecule has 2 rings (SSSR count). The van der Waals surface area contributed by atoms with Crippen LogP contribution in [0.15, 0.2) is 48.5 Å². The van der Waals surface area contributed by atoms with Gasteiger partial charge in [-0.3, -0.25) is 19.2 Å². The molecule has 8 nitrogen and oxygen atoms in total. The molecule has 0 aliphatic rings. The number of carbonyl (C=O) groups excluding carboxylic acids is 4. The summed E-state index contributed by atoms with van der Waals surface area (Å²) in [6, 6.07) is 15.7. The molecule has 0 heterocycles. The van der Waals surface area contributed by atoms with Crippen LogP contribution in [0.3, 0.4) is 0 Å². The molecular formula is C32H46N4O4. The van der Waals surface area contributed by atoms with Crippen molar-refractivity contribution in [1.82, 2.24) is 10.6 Å². The number of aryl methyl sites for hydroxylation is 2. The molecule has 2 aromatic rings. The Bertz CT molecular complexity index is 1030. The van der Waals surface area contributed by atoms with E-state index in [-0.39, 0.29) is 48.6 Å². The smallest absolute Gasteiger partial charge is 0.224 e. The van der Waals surface area contributed by atoms with E-state index < -0.39 is 0 Å². The zero-order valence-corrected chi connectivity index (χ0v) is 24.5. The fourth-order valence-corrected chi connectivity index (χ4v) is 4.13. The van der Waals surface area contributed by atoms with E-state index in [1.54, 1.807) is 0 Å². The van der Waals surface area contributed by atoms with Crippen LogP contribution in [-0.4, -0.2) is 35.7 Å². The first kappa shape index (κ1) is 32.5. The van der Waals surface area contributed by atoms with Gasteiger partial charge in [0.05, 0.1) is 0 Å². The molecule has 0 aliphatic heterocycles. The molecule has 2 aromatic carbocycles. The monoisotopic (exact) mass is 550 g/mol. The van der Waals surface area contributed by atoms with Crippen molar-refractivity contribution in [3.8, 4) is 0 Å². The molecule has 40 heavy (non-hydrogen) atoms. The summed E-state index contributed by atoms with van der Waals surface area (Å²) in [4.78, 5) is 49.0. The Hall–Kier alpha value is -3.68. The molecule has 0 spiro atoms. The molecular weight excluding hydrogens is 504 g/mol. The van der Waals surface area contributed by atoms with Crippen LogP contribution in [0.4, 0.5) is 11.4 Å². The lowest BCUT2D eigenvalue weighted by molar-refractivity contribution is -0.123. The first-order valence-corrected chi connectivity index (χ1v) is 14.6. The molecule has 0 radical (unpaired) electrons. The van der Waals surface area contributed by atoms with E-state index in [1.807, 2.05) is 76.2 Å². The molecule has 0 fully saturated rings. The van der Waals surface area contributed by atoms with Gasteiger partial charge in [0.25, 0.3) is 0 Å². The Morgan fingerprint density at radius 2 is 0.925 bits per heavy atom. The second kappa shape index (κ2) is 17.8. The Morgan fingerprint density at radius 1 is 0.575 bits per heavy atom. The van der Waals surface area contributed by atoms with Crippen LogP contribution in [0.5, 0.6) is 0 Å². The number of anilines is 2. The van der Waals surface area contributed by atoms with Gasteiger partial charge in [-0.25, -0.2) is 0 Å². The number of rotatable bonds is 17. The lowest BCUT2D eigenvalue weighted by atomic mass is 10.0. The number of hydrogen-bond donors (Lipinski definition) is 4. The van der Waals surface area contributed by atoms with Crippen LogP contribution in [0.2, 0.25) is 0 Å². The predicted molar refractivity (Wildman–Crippen MR) is 161 cm³/mol. The Balaban J connectivity index is 1.86. The van der Waals surface area contributed by atoms with E-state index in [0.717, 1.165) is 35.3 Å². The highest BCUT2D eigenvalue weighted by molar-refractivity contribution is 5.92. The highest BCUT2D eigenvalue weighted by atomic mass is 16.2. The minimum Gasteiger partial charge on any atom is -0.354 e. The summed E-state index contributed by atoms with van der Waals surface area (Å²) in [5.74, 6) is -0.288. The van der Waals surface area contributed by atoms with Gasteiger partial charge in [-0.1, -0.05) is 50.2 Å². The van der Waals surface area contributed by atoms with Crippen LogP contribution in [0.25, 0.3) is 0 Å². The molecule has 0 aliphatic carbocycles. The summed E-state index contributed by atoms with van der Waals surface area (Å²) in [6.07, 6.45) is 5.29. The molecule has 218 valence electrons. The van der Waals surface area contributed by atoms with E-state index in [9.17, 15) is 19.2 Å². The van der Waals surface area contributed by atoms with Crippen LogP contribution in [0.1, 0.15) is 90.2 Å². The zero-order chi connectivity index (χ0) is 29.3. The maximum absolute atomic E-state index is 12.6. The van der Waals surface area contributed by atoms with Gasteiger partial charge in [-0.2, -0.15) is 0 Å². The van der Waals surface area contributed by atoms with E-state index in [2.05, 4.69) is 21.3 Å². The molecule has 0 saturated carbocycles. The van der Waals surface area contributed by atoms with Crippen LogP contribution < -0.4 is 21.3 Å². The maximum Gasteiger partial charge on any atom is 0.224 e. The van der Waals surface area contributed by atoms with Crippen molar-refractivity contribution in [2.24, 2.45) is 0 Å². The topological polar surface area (TPSA) is 116 Å². The van der Waals surface area contributed by atoms with Crippen molar-refractivity contribution in [2.75, 3.05) is 10.6 Å². The van der Waals surface area contributed by atoms with Gasteiger partial charge in [-0.15, -0.1) is 0 Å². The van der Waals surface area contributed by atoms with Gasteiger partial charge in [0.1, 0.15) is 0 Å². The first-order valence-electron chi connectivity index (χ1n) is 14.6. The van der Waals surface area contributed by atoms with E-state index in [0.29, 0.717) is 38.5 Å². The van der Waals surface area contributed by atoms with Gasteiger partial charge >= 0.3 is 0 Å². The van der Waals surface area contributed by atoms with E-state index in [4.69, 9.17) is 0 Å². The Morgan fingerprint density at radius 3 is 1.30 bits per heavy atom. The third kappa shape index (κ3) is 12.5. The minimum atomic E-state index is -0.116. The lowest BCUT2D eigenvalue weighted by Gasteiger charge is -2.14. The van der Waals surface area contributed by atoms with Gasteiger partial charge in [0.15, 0.2) is 0 Å². The number of hydrogen-bond acceptors (Lipinski definition) is 4. The maximum atomic E-state index is 12.6. The van der Waals surface area contributed by atoms with Gasteiger partial charge < -0.3 is 21.3 Å². The molecule has 4 amide bonds. The zero-order valence-electron chi connectivity index (χ0n) is 24.5. The quantitative estimate of drug-likeness (QED) is 0.208. The van der Waals surface area contributed by atoms with Gasteiger partial charge in [0, 0.05) is 49.1 Å². The Labute approximate surface area is 239 Å². The second-order valence-corrected chi connectivity index (χ2v) is 10.4. The van der Waals surface area contributed by atoms with Gasteiger partial charge in [-0.05, 0) is 75.6 Å². The normalized spacial score (nSPS) is 12.2. The summed E-state index contributed by atoms with van der Waals surface area (Å²) in [6.45, 7) is 7.96. The fraction of sp³-hybridized carbons (Fsp3) is 0.500. The Kier molecular flexibility index (Phi) is 14.5. The SMILES string of the molecule is CCC(C)NC(=O)CCCC(=O)Nc1ccccc1CCc1ccccc1NC(=O)CCCC(=O)NC(C)CC. The fourth-order valence-electron chi connectivity index (χ4n) is 4.13. The van der Waals surface area contributed by atoms with Crippen molar-refractivity contribution in [3.05, 3.63) is 59.7 Å². The molecule has 0 saturated heterocycles. The number of nitrogens with one attached hydrogen (secondary N) is 4. The van der Waals surface area contributed by atoms with E-state index in [1.165, 1.54) is 0 Å². The number of benzene rings is 2. The number of amides is 4. The predicted octanol–water partition coefficient (Wildman–Crippen LogP) is 5.52. The van der Waals surface area contributed by atoms with Crippen molar-refractivity contribution >= 4 is 35.0 Å². The molecule has 2 unspecified atom stereocenters. The van der Waals surface area contributed by atoms with Crippen molar-refractivity contribution in [1.29, 1.82) is 0 Å². The highest BCUT2D eigenvalue weighted by Gasteiger charge is 2.12. The van der Waals surface area contributed by atoms with Crippen LogP contribution >= 0.6 is 0 Å². The molecule has 4 N–H and O–H groups in total. The van der Waals surface area contributed by atoms with Crippen LogP contribution in [-0.2, 0) is 32.0 Å². The summed E-state index contributed by atoms with van der Waals surface area (Å²) >= 11 is 0. The average Bonchev–Trinajstić information content (AvgIpc) is 2.93. The van der Waals surface area contributed by atoms with E-state index >= 15 is 0 Å². The standard InChI is InChI=1S/C32H46N4O4/c1-5-23(3)33-29(37)17-11-19-31(39)35-27-15-9-7-13-25(27)21-22-26-14-8-10-16-28(26)36-32(40)20-12-18-30(38)34-24(4)6-2/h7-10,13-16,23-24H,5-6,11-12,17-22H2,1-4H3,(H,33,37)(H,34,38)(H,35,39)(H,36,40). The molecule has 0 bridgehead atoms. The summed E-state index contributed by atoms with van der Waals surface area (Å²) in [5, 5.41) is 11.8. The summed E-state index contributed by atoms with van der Waals surface area (Å²) in [5.41, 5.74) is 3.51. The second-order valence-electron chi connectivity index (χ2n) is 10.4. The third-order valence-electron chi connectivity index (χ3n) is 6.90. The minimum absolute atomic E-state index is 0.0274. The lowest BCUT2D eigenvalue weighted by Crippen LogP contribution is -2.31. The number of carbonyl (C=O) groups is 4. The van der Waals surface area contributed by atoms with Gasteiger partial charge in [0.2, 0.25) is 23.6 Å². The summed E-state index contributed by atoms with van der Waals surface area (Å²) < 4.78 is 0. The largest absolute Gasteiger partial charge is 0.354 e. The average molecular weight is 551 g/mol. The van der Waals surface area contributed by atoms with Crippen LogP contribution in [0, 0.1) is 0 Å². The third-order valence-corrected chi connectivity index (χ3v) is 6.90. The van der Waals surface area contributed by atoms with Crippen molar-refractivity contribution in [2.45, 2.75) is 104 Å². The molecule has 8 heteroatoms. The van der Waals surface area contributed by atoms with Crippen molar-refractivity contribution in [3.63, 3.8) is 0 Å². The molecule has 2 atom stereocenters. The highest BCUT2D eigenvalue weighted by Crippen LogP contribution is 2.22. The summed E-state index contributed by atoms with van der Waals surface area (Å²) in [7, 11) is 0. The molecule has 0 aromatic heterocycles.